The van der Waals surface area contributed by atoms with Crippen molar-refractivity contribution in [3.05, 3.63) is 0 Å². The van der Waals surface area contributed by atoms with Gasteiger partial charge in [0.05, 0.1) is 0 Å². The third-order valence-corrected chi connectivity index (χ3v) is 0. The molecule has 0 unspecified atom stereocenters. The van der Waals surface area contributed by atoms with E-state index in [1.807, 2.05) is 0 Å². The second-order valence-electron chi connectivity index (χ2n) is 0.129. The summed E-state index contributed by atoms with van der Waals surface area (Å²) in [5, 5.41) is 15.5. The summed E-state index contributed by atoms with van der Waals surface area (Å²) in [6.45, 7) is -1.00. The molecule has 0 aliphatic rings. The van der Waals surface area contributed by atoms with Gasteiger partial charge in [0.15, 0.2) is 0 Å². The van der Waals surface area contributed by atoms with Crippen LogP contribution in [0.5, 0.6) is 0 Å². The molecule has 0 aliphatic carbocycles. The molecule has 0 atom stereocenters. The second kappa shape index (κ2) is 8.82. The number of rotatable bonds is 0. The molecule has 0 rings (SSSR count). The van der Waals surface area contributed by atoms with Gasteiger partial charge in [0.2, 0.25) is 0 Å². The molecular formula is CH3KO2. The monoisotopic (exact) mass is 86.0 g/mol. The molecule has 20 valence electrons. The molecule has 0 bridgehead atoms. The summed E-state index contributed by atoms with van der Waals surface area (Å²) in [6.07, 6.45) is 0. The van der Waals surface area contributed by atoms with Gasteiger partial charge in [-0.1, -0.05) is 0 Å². The molecule has 0 aromatic carbocycles. The molecule has 3 heteroatoms. The van der Waals surface area contributed by atoms with Crippen molar-refractivity contribution >= 4 is 0 Å². The van der Waals surface area contributed by atoms with Gasteiger partial charge in [-0.05, 0) is 6.79 Å². The average molecular weight is 86.1 g/mol. The maximum Gasteiger partial charge on any atom is 1.00 e. The largest absolute Gasteiger partial charge is 1.00 e. The fraction of sp³-hybridized carbons (Fsp3) is 1.00. The van der Waals surface area contributed by atoms with Crippen LogP contribution in [0.2, 0.25) is 0 Å². The predicted molar refractivity (Wildman–Crippen MR) is 7.09 cm³/mol. The SMILES string of the molecule is [K+].[O-]CO. The zero-order valence-corrected chi connectivity index (χ0v) is 5.69. The van der Waals surface area contributed by atoms with Gasteiger partial charge in [-0.3, -0.25) is 0 Å². The molecule has 4 heavy (non-hydrogen) atoms. The average Bonchev–Trinajstić information content (AvgIpc) is 0.918. The van der Waals surface area contributed by atoms with Gasteiger partial charge < -0.3 is 10.2 Å². The first-order valence-electron chi connectivity index (χ1n) is 0.605. The van der Waals surface area contributed by atoms with Gasteiger partial charge in [0.25, 0.3) is 0 Å². The molecule has 0 fully saturated rings. The number of hydrogen-bond acceptors (Lipinski definition) is 2. The molecule has 0 spiro atoms. The number of aliphatic hydroxyl groups is 1. The van der Waals surface area contributed by atoms with Crippen LogP contribution in [0.3, 0.4) is 0 Å². The second-order valence-corrected chi connectivity index (χ2v) is 0.129. The summed E-state index contributed by atoms with van der Waals surface area (Å²) in [5.41, 5.74) is 0. The van der Waals surface area contributed by atoms with Gasteiger partial charge in [-0.2, -0.15) is 0 Å². The van der Waals surface area contributed by atoms with Gasteiger partial charge in [0, 0.05) is 0 Å². The Hall–Kier alpha value is 1.56. The Balaban J connectivity index is 0. The van der Waals surface area contributed by atoms with Crippen LogP contribution in [0.25, 0.3) is 0 Å². The van der Waals surface area contributed by atoms with Crippen molar-refractivity contribution in [3.63, 3.8) is 0 Å². The molecule has 0 heterocycles. The predicted octanol–water partition coefficient (Wildman–Crippen LogP) is -4.70. The number of hydrogen-bond donors (Lipinski definition) is 1. The smallest absolute Gasteiger partial charge is 0.834 e. The maximum absolute atomic E-state index is 8.49. The zero-order chi connectivity index (χ0) is 2.71. The van der Waals surface area contributed by atoms with Crippen molar-refractivity contribution in [2.75, 3.05) is 6.79 Å². The van der Waals surface area contributed by atoms with E-state index in [-0.39, 0.29) is 51.4 Å². The molecule has 0 saturated heterocycles. The summed E-state index contributed by atoms with van der Waals surface area (Å²) in [5.74, 6) is 0. The van der Waals surface area contributed by atoms with E-state index in [0.717, 1.165) is 0 Å². The van der Waals surface area contributed by atoms with Gasteiger partial charge in [0.1, 0.15) is 0 Å². The Morgan fingerprint density at radius 2 is 1.75 bits per heavy atom. The van der Waals surface area contributed by atoms with Crippen molar-refractivity contribution in [2.45, 2.75) is 0 Å². The van der Waals surface area contributed by atoms with Gasteiger partial charge >= 0.3 is 51.4 Å². The van der Waals surface area contributed by atoms with Crippen molar-refractivity contribution in [3.8, 4) is 0 Å². The first-order chi connectivity index (χ1) is 1.41. The van der Waals surface area contributed by atoms with E-state index >= 15 is 0 Å². The minimum Gasteiger partial charge on any atom is -0.834 e. The minimum absolute atomic E-state index is 0. The van der Waals surface area contributed by atoms with Crippen LogP contribution in [0.4, 0.5) is 0 Å². The fourth-order valence-corrected chi connectivity index (χ4v) is 0. The van der Waals surface area contributed by atoms with Crippen LogP contribution < -0.4 is 56.5 Å². The third kappa shape index (κ3) is 9.59. The van der Waals surface area contributed by atoms with E-state index in [4.69, 9.17) is 10.2 Å². The van der Waals surface area contributed by atoms with Crippen LogP contribution in [0.1, 0.15) is 0 Å². The molecule has 2 nitrogen and oxygen atoms in total. The summed E-state index contributed by atoms with van der Waals surface area (Å²) >= 11 is 0. The quantitative estimate of drug-likeness (QED) is 0.238. The Labute approximate surface area is 67.3 Å². The summed E-state index contributed by atoms with van der Waals surface area (Å²) in [7, 11) is 0. The van der Waals surface area contributed by atoms with E-state index in [1.54, 1.807) is 0 Å². The van der Waals surface area contributed by atoms with E-state index < -0.39 is 6.79 Å². The molecule has 0 saturated carbocycles. The van der Waals surface area contributed by atoms with Crippen molar-refractivity contribution in [1.29, 1.82) is 0 Å². The van der Waals surface area contributed by atoms with Crippen LogP contribution in [0, 0.1) is 0 Å². The summed E-state index contributed by atoms with van der Waals surface area (Å²) in [6, 6.07) is 0. The summed E-state index contributed by atoms with van der Waals surface area (Å²) < 4.78 is 0. The molecule has 1 N–H and O–H groups in total. The van der Waals surface area contributed by atoms with Crippen LogP contribution in [-0.2, 0) is 0 Å². The van der Waals surface area contributed by atoms with Crippen LogP contribution in [0.15, 0.2) is 0 Å². The Kier molecular flexibility index (Phi) is 20.1. The normalized spacial score (nSPS) is 4.50. The van der Waals surface area contributed by atoms with E-state index in [0.29, 0.717) is 0 Å². The molecule has 0 aromatic heterocycles. The van der Waals surface area contributed by atoms with E-state index in [9.17, 15) is 0 Å². The Morgan fingerprint density at radius 3 is 1.75 bits per heavy atom. The third-order valence-electron chi connectivity index (χ3n) is 0. The van der Waals surface area contributed by atoms with Crippen molar-refractivity contribution < 1.29 is 61.6 Å². The van der Waals surface area contributed by atoms with Crippen LogP contribution in [-0.4, -0.2) is 11.9 Å². The van der Waals surface area contributed by atoms with E-state index in [1.165, 1.54) is 0 Å². The first kappa shape index (κ1) is 9.12. The molecule has 0 radical (unpaired) electrons. The zero-order valence-electron chi connectivity index (χ0n) is 2.56. The van der Waals surface area contributed by atoms with Gasteiger partial charge in [-0.25, -0.2) is 0 Å². The number of aliphatic hydroxyl groups excluding tert-OH is 1. The van der Waals surface area contributed by atoms with E-state index in [2.05, 4.69) is 0 Å². The maximum atomic E-state index is 8.49. The Morgan fingerprint density at radius 1 is 1.75 bits per heavy atom. The molecule has 0 aliphatic heterocycles. The fourth-order valence-electron chi connectivity index (χ4n) is 0. The Bertz CT molecular complexity index is 6.00. The van der Waals surface area contributed by atoms with Crippen molar-refractivity contribution in [1.82, 2.24) is 0 Å². The minimum atomic E-state index is -1.00. The van der Waals surface area contributed by atoms with Gasteiger partial charge in [-0.15, -0.1) is 0 Å². The van der Waals surface area contributed by atoms with Crippen LogP contribution >= 0.6 is 0 Å². The standard InChI is InChI=1S/CH3O2.K/c2-1-3;/h2H,1H2;/q-1;+1. The van der Waals surface area contributed by atoms with Crippen molar-refractivity contribution in [2.24, 2.45) is 0 Å². The topological polar surface area (TPSA) is 43.3 Å². The summed E-state index contributed by atoms with van der Waals surface area (Å²) in [4.78, 5) is 0. The molecule has 0 amide bonds. The first-order valence-corrected chi connectivity index (χ1v) is 0.605. The molecule has 0 aromatic rings. The molecular weight excluding hydrogens is 83.1 g/mol.